The lowest BCUT2D eigenvalue weighted by atomic mass is 9.98. The quantitative estimate of drug-likeness (QED) is 0.598. The molecule has 1 heterocycles. The van der Waals surface area contributed by atoms with Crippen LogP contribution in [-0.2, 0) is 19.1 Å². The molecule has 0 radical (unpaired) electrons. The molecule has 8 nitrogen and oxygen atoms in total. The molecule has 2 aliphatic rings. The number of likely N-dealkylation sites (tertiary alicyclic amines) is 1. The van der Waals surface area contributed by atoms with Gasteiger partial charge in [0, 0.05) is 26.0 Å². The Labute approximate surface area is 205 Å². The summed E-state index contributed by atoms with van der Waals surface area (Å²) >= 11 is 0. The fourth-order valence-corrected chi connectivity index (χ4v) is 5.12. The van der Waals surface area contributed by atoms with E-state index in [-0.39, 0.29) is 37.5 Å². The lowest BCUT2D eigenvalue weighted by Gasteiger charge is -2.28. The Kier molecular flexibility index (Phi) is 7.40. The number of methoxy groups -OCH3 is 1. The van der Waals surface area contributed by atoms with Crippen LogP contribution >= 0.6 is 0 Å². The summed E-state index contributed by atoms with van der Waals surface area (Å²) in [4.78, 5) is 39.2. The van der Waals surface area contributed by atoms with Crippen LogP contribution in [0.15, 0.2) is 48.5 Å². The molecule has 3 atom stereocenters. The van der Waals surface area contributed by atoms with Crippen molar-refractivity contribution in [2.24, 2.45) is 5.92 Å². The highest BCUT2D eigenvalue weighted by Crippen LogP contribution is 2.44. The van der Waals surface area contributed by atoms with Crippen molar-refractivity contribution in [1.82, 2.24) is 10.2 Å². The zero-order valence-corrected chi connectivity index (χ0v) is 20.3. The Bertz CT molecular complexity index is 1060. The Morgan fingerprint density at radius 1 is 1.06 bits per heavy atom. The van der Waals surface area contributed by atoms with Crippen molar-refractivity contribution in [3.8, 4) is 11.1 Å². The fourth-order valence-electron chi connectivity index (χ4n) is 5.12. The van der Waals surface area contributed by atoms with Crippen LogP contribution in [0.2, 0.25) is 0 Å². The lowest BCUT2D eigenvalue weighted by molar-refractivity contribution is -0.149. The maximum atomic E-state index is 13.3. The van der Waals surface area contributed by atoms with Gasteiger partial charge in [0.25, 0.3) is 0 Å². The number of fused-ring (bicyclic) bond motifs is 3. The van der Waals surface area contributed by atoms with Crippen LogP contribution in [-0.4, -0.2) is 66.4 Å². The zero-order valence-electron chi connectivity index (χ0n) is 20.3. The first-order valence-corrected chi connectivity index (χ1v) is 12.0. The summed E-state index contributed by atoms with van der Waals surface area (Å²) in [5.41, 5.74) is 4.46. The molecule has 1 saturated heterocycles. The number of benzene rings is 2. The van der Waals surface area contributed by atoms with Gasteiger partial charge in [-0.25, -0.2) is 9.59 Å². The normalized spacial score (nSPS) is 19.8. The zero-order chi connectivity index (χ0) is 25.1. The maximum Gasteiger partial charge on any atom is 0.407 e. The monoisotopic (exact) mass is 480 g/mol. The molecule has 0 bridgehead atoms. The van der Waals surface area contributed by atoms with E-state index in [1.54, 1.807) is 0 Å². The summed E-state index contributed by atoms with van der Waals surface area (Å²) in [5, 5.41) is 12.3. The molecule has 2 aromatic rings. The van der Waals surface area contributed by atoms with E-state index in [2.05, 4.69) is 17.4 Å². The van der Waals surface area contributed by atoms with Crippen molar-refractivity contribution in [2.75, 3.05) is 20.3 Å². The van der Waals surface area contributed by atoms with Crippen molar-refractivity contribution in [3.63, 3.8) is 0 Å². The van der Waals surface area contributed by atoms with Crippen molar-refractivity contribution in [1.29, 1.82) is 0 Å². The molecule has 2 amide bonds. The van der Waals surface area contributed by atoms with E-state index in [1.165, 1.54) is 12.0 Å². The van der Waals surface area contributed by atoms with Crippen molar-refractivity contribution >= 4 is 18.0 Å². The molecule has 1 aliphatic carbocycles. The summed E-state index contributed by atoms with van der Waals surface area (Å²) in [6.07, 6.45) is -0.463. The molecular weight excluding hydrogens is 448 g/mol. The summed E-state index contributed by atoms with van der Waals surface area (Å²) in [7, 11) is 1.50. The summed E-state index contributed by atoms with van der Waals surface area (Å²) in [5.74, 6) is -1.51. The molecule has 0 aromatic heterocycles. The number of amides is 2. The number of carboxylic acid groups (broad SMARTS) is 1. The van der Waals surface area contributed by atoms with Crippen molar-refractivity contribution < 1.29 is 29.0 Å². The number of hydrogen-bond donors (Lipinski definition) is 2. The number of rotatable bonds is 8. The van der Waals surface area contributed by atoms with E-state index >= 15 is 0 Å². The molecular formula is C27H32N2O6. The Hall–Kier alpha value is -3.39. The number of nitrogens with zero attached hydrogens (tertiary/aromatic N) is 1. The molecule has 0 saturated carbocycles. The van der Waals surface area contributed by atoms with Gasteiger partial charge in [0.05, 0.1) is 6.10 Å². The summed E-state index contributed by atoms with van der Waals surface area (Å²) in [6, 6.07) is 14.3. The number of aliphatic carboxylic acids is 1. The first kappa shape index (κ1) is 24.7. The van der Waals surface area contributed by atoms with Crippen molar-refractivity contribution in [2.45, 2.75) is 50.8 Å². The first-order valence-electron chi connectivity index (χ1n) is 12.0. The van der Waals surface area contributed by atoms with Gasteiger partial charge >= 0.3 is 12.1 Å². The number of carboxylic acids is 1. The highest BCUT2D eigenvalue weighted by molar-refractivity contribution is 5.90. The average molecular weight is 481 g/mol. The minimum atomic E-state index is -1.08. The maximum absolute atomic E-state index is 13.3. The van der Waals surface area contributed by atoms with E-state index in [0.29, 0.717) is 6.42 Å². The van der Waals surface area contributed by atoms with E-state index in [0.717, 1.165) is 22.3 Å². The van der Waals surface area contributed by atoms with Crippen LogP contribution in [0, 0.1) is 5.92 Å². The second-order valence-electron chi connectivity index (χ2n) is 9.59. The highest BCUT2D eigenvalue weighted by Gasteiger charge is 2.42. The molecule has 4 rings (SSSR count). The number of ether oxygens (including phenoxy) is 2. The molecule has 35 heavy (non-hydrogen) atoms. The minimum absolute atomic E-state index is 0.0927. The molecule has 0 spiro atoms. The number of nitrogens with one attached hydrogen (secondary N) is 1. The van der Waals surface area contributed by atoms with Crippen LogP contribution in [0.4, 0.5) is 4.79 Å². The van der Waals surface area contributed by atoms with E-state index in [9.17, 15) is 19.5 Å². The van der Waals surface area contributed by atoms with Crippen LogP contribution in [0.1, 0.15) is 43.7 Å². The predicted molar refractivity (Wildman–Crippen MR) is 130 cm³/mol. The second kappa shape index (κ2) is 10.5. The van der Waals surface area contributed by atoms with Gasteiger partial charge in [0.1, 0.15) is 18.7 Å². The number of carbonyl (C=O) groups excluding carboxylic acids is 2. The van der Waals surface area contributed by atoms with Crippen LogP contribution in [0.5, 0.6) is 0 Å². The number of carbonyl (C=O) groups is 3. The Morgan fingerprint density at radius 2 is 1.66 bits per heavy atom. The largest absolute Gasteiger partial charge is 0.480 e. The van der Waals surface area contributed by atoms with Gasteiger partial charge < -0.3 is 24.8 Å². The molecule has 2 N–H and O–H groups in total. The topological polar surface area (TPSA) is 105 Å². The standard InChI is InChI=1S/C27H32N2O6/c1-16(2)12-23(25(30)29-14-17(34-3)13-24(29)26(31)32)28-27(33)35-15-22-20-10-6-4-8-18(20)19-9-5-7-11-21(19)22/h4-11,16-17,22-24H,12-15H2,1-3H3,(H,28,33)(H,31,32). The second-order valence-corrected chi connectivity index (χ2v) is 9.59. The molecule has 3 unspecified atom stereocenters. The van der Waals surface area contributed by atoms with E-state index < -0.39 is 30.1 Å². The molecule has 1 aliphatic heterocycles. The molecule has 8 heteroatoms. The van der Waals surface area contributed by atoms with Gasteiger partial charge in [0.15, 0.2) is 0 Å². The smallest absolute Gasteiger partial charge is 0.407 e. The Balaban J connectivity index is 1.45. The van der Waals surface area contributed by atoms with Crippen LogP contribution in [0.3, 0.4) is 0 Å². The van der Waals surface area contributed by atoms with Crippen LogP contribution in [0.25, 0.3) is 11.1 Å². The SMILES string of the molecule is COC1CC(C(=O)O)N(C(=O)C(CC(C)C)NC(=O)OCC2c3ccccc3-c3ccccc32)C1. The van der Waals surface area contributed by atoms with Crippen molar-refractivity contribution in [3.05, 3.63) is 59.7 Å². The van der Waals surface area contributed by atoms with Gasteiger partial charge in [-0.2, -0.15) is 0 Å². The van der Waals surface area contributed by atoms with Gasteiger partial charge in [-0.1, -0.05) is 62.4 Å². The van der Waals surface area contributed by atoms with Gasteiger partial charge in [-0.3, -0.25) is 4.79 Å². The Morgan fingerprint density at radius 3 is 2.20 bits per heavy atom. The molecule has 1 fully saturated rings. The molecule has 186 valence electrons. The minimum Gasteiger partial charge on any atom is -0.480 e. The number of hydrogen-bond acceptors (Lipinski definition) is 5. The third kappa shape index (κ3) is 5.17. The lowest BCUT2D eigenvalue weighted by Crippen LogP contribution is -2.52. The summed E-state index contributed by atoms with van der Waals surface area (Å²) < 4.78 is 10.9. The predicted octanol–water partition coefficient (Wildman–Crippen LogP) is 3.64. The fraction of sp³-hybridized carbons (Fsp3) is 0.444. The highest BCUT2D eigenvalue weighted by atomic mass is 16.5. The average Bonchev–Trinajstić information content (AvgIpc) is 3.41. The summed E-state index contributed by atoms with van der Waals surface area (Å²) in [6.45, 7) is 4.19. The van der Waals surface area contributed by atoms with E-state index in [1.807, 2.05) is 50.2 Å². The third-order valence-corrected chi connectivity index (χ3v) is 6.81. The number of alkyl carbamates (subject to hydrolysis) is 1. The van der Waals surface area contributed by atoms with Gasteiger partial charge in [-0.05, 0) is 34.6 Å². The van der Waals surface area contributed by atoms with Gasteiger partial charge in [-0.15, -0.1) is 0 Å². The third-order valence-electron chi connectivity index (χ3n) is 6.81. The van der Waals surface area contributed by atoms with Crippen LogP contribution < -0.4 is 5.32 Å². The van der Waals surface area contributed by atoms with E-state index in [4.69, 9.17) is 9.47 Å². The molecule has 2 aromatic carbocycles. The van der Waals surface area contributed by atoms with Gasteiger partial charge in [0.2, 0.25) is 5.91 Å². The first-order chi connectivity index (χ1) is 16.8.